The van der Waals surface area contributed by atoms with Gasteiger partial charge in [-0.15, -0.1) is 0 Å². The lowest BCUT2D eigenvalue weighted by Crippen LogP contribution is -2.49. The van der Waals surface area contributed by atoms with Crippen LogP contribution in [0.15, 0.2) is 6.07 Å². The van der Waals surface area contributed by atoms with Crippen LogP contribution in [0.25, 0.3) is 0 Å². The number of halogens is 4. The largest absolute Gasteiger partial charge is 0.487 e. The molecule has 8 heteroatoms. The quantitative estimate of drug-likeness (QED) is 0.459. The van der Waals surface area contributed by atoms with Crippen molar-refractivity contribution in [1.29, 1.82) is 0 Å². The van der Waals surface area contributed by atoms with E-state index in [0.717, 1.165) is 0 Å². The fraction of sp³-hybridized carbons (Fsp3) is 0.462. The van der Waals surface area contributed by atoms with Crippen LogP contribution >= 0.6 is 0 Å². The Morgan fingerprint density at radius 1 is 1.19 bits per heavy atom. The van der Waals surface area contributed by atoms with Crippen LogP contribution in [0.4, 0.5) is 17.6 Å². The third kappa shape index (κ3) is 4.32. The summed E-state index contributed by atoms with van der Waals surface area (Å²) in [7, 11) is 0. The van der Waals surface area contributed by atoms with Crippen molar-refractivity contribution in [1.82, 2.24) is 0 Å². The smallest absolute Gasteiger partial charge is 0.237 e. The molecule has 0 heterocycles. The van der Waals surface area contributed by atoms with E-state index in [1.54, 1.807) is 0 Å². The lowest BCUT2D eigenvalue weighted by Gasteiger charge is -2.20. The topological polar surface area (TPSA) is 78.3 Å². The molecule has 1 aromatic carbocycles. The normalized spacial score (nSPS) is 13.8. The predicted octanol–water partition coefficient (Wildman–Crippen LogP) is 1.99. The molecule has 0 saturated heterocycles. The van der Waals surface area contributed by atoms with E-state index in [2.05, 4.69) is 0 Å². The summed E-state index contributed by atoms with van der Waals surface area (Å²) < 4.78 is 57.1. The number of benzene rings is 1. The Kier molecular flexibility index (Phi) is 5.54. The van der Waals surface area contributed by atoms with Crippen molar-refractivity contribution in [2.24, 2.45) is 11.5 Å². The summed E-state index contributed by atoms with van der Waals surface area (Å²) in [5, 5.41) is 0. The second kappa shape index (κ2) is 6.75. The molecule has 0 aromatic heterocycles. The molecule has 0 aliphatic carbocycles. The van der Waals surface area contributed by atoms with Crippen molar-refractivity contribution in [2.75, 3.05) is 6.61 Å². The van der Waals surface area contributed by atoms with E-state index in [-0.39, 0.29) is 25.5 Å². The molecule has 0 bridgehead atoms. The molecule has 21 heavy (non-hydrogen) atoms. The summed E-state index contributed by atoms with van der Waals surface area (Å²) in [5.74, 6) is -8.02. The maximum atomic E-state index is 13.3. The maximum absolute atomic E-state index is 13.3. The maximum Gasteiger partial charge on any atom is 0.237 e. The van der Waals surface area contributed by atoms with Gasteiger partial charge in [-0.25, -0.2) is 8.78 Å². The molecule has 1 rings (SSSR count). The Morgan fingerprint density at radius 3 is 2.19 bits per heavy atom. The van der Waals surface area contributed by atoms with E-state index >= 15 is 0 Å². The number of hydrogen-bond acceptors (Lipinski definition) is 3. The average molecular weight is 308 g/mol. The van der Waals surface area contributed by atoms with Crippen molar-refractivity contribution in [3.05, 3.63) is 29.3 Å². The van der Waals surface area contributed by atoms with Gasteiger partial charge in [-0.2, -0.15) is 8.78 Å². The number of unbranched alkanes of at least 4 members (excludes halogenated alkanes) is 1. The number of nitrogens with two attached hydrogens (primary N) is 2. The molecule has 0 aliphatic heterocycles. The van der Waals surface area contributed by atoms with Crippen LogP contribution in [0.3, 0.4) is 0 Å². The van der Waals surface area contributed by atoms with Crippen molar-refractivity contribution in [3.63, 3.8) is 0 Å². The highest BCUT2D eigenvalue weighted by Crippen LogP contribution is 2.26. The summed E-state index contributed by atoms with van der Waals surface area (Å²) in [6.07, 6.45) is 0.905. The number of carbonyl (C=O) groups is 1. The van der Waals surface area contributed by atoms with Crippen LogP contribution in [0, 0.1) is 23.3 Å². The van der Waals surface area contributed by atoms with Gasteiger partial charge in [-0.05, 0) is 26.2 Å². The van der Waals surface area contributed by atoms with E-state index in [4.69, 9.17) is 16.2 Å². The van der Waals surface area contributed by atoms with Crippen molar-refractivity contribution < 1.29 is 27.1 Å². The molecule has 1 aromatic rings. The third-order valence-electron chi connectivity index (χ3n) is 2.97. The standard InChI is InChI=1S/C13H16F4N2O2/c1-13(19,12(18)20)4-2-3-5-21-11-9(16)7(14)6-8(15)10(11)17/h6H,2-5,19H2,1H3,(H2,18,20). The monoisotopic (exact) mass is 308 g/mol. The predicted molar refractivity (Wildman–Crippen MR) is 67.4 cm³/mol. The van der Waals surface area contributed by atoms with Gasteiger partial charge in [0.25, 0.3) is 0 Å². The summed E-state index contributed by atoms with van der Waals surface area (Å²) >= 11 is 0. The van der Waals surface area contributed by atoms with E-state index in [1.807, 2.05) is 0 Å². The van der Waals surface area contributed by atoms with Crippen LogP contribution in [0.1, 0.15) is 26.2 Å². The molecule has 1 amide bonds. The average Bonchev–Trinajstić information content (AvgIpc) is 2.39. The van der Waals surface area contributed by atoms with Gasteiger partial charge in [0.2, 0.25) is 17.5 Å². The SMILES string of the molecule is CC(N)(CCCCOc1c(F)c(F)cc(F)c1F)C(N)=O. The molecule has 0 fully saturated rings. The molecule has 0 radical (unpaired) electrons. The first kappa shape index (κ1) is 17.2. The molecule has 1 atom stereocenters. The van der Waals surface area contributed by atoms with Gasteiger partial charge >= 0.3 is 0 Å². The summed E-state index contributed by atoms with van der Waals surface area (Å²) in [4.78, 5) is 11.0. The van der Waals surface area contributed by atoms with Gasteiger partial charge in [0.1, 0.15) is 0 Å². The molecule has 0 aliphatic rings. The van der Waals surface area contributed by atoms with Crippen LogP contribution < -0.4 is 16.2 Å². The lowest BCUT2D eigenvalue weighted by atomic mass is 9.96. The second-order valence-corrected chi connectivity index (χ2v) is 4.88. The highest BCUT2D eigenvalue weighted by atomic mass is 19.2. The van der Waals surface area contributed by atoms with Gasteiger partial charge in [0.15, 0.2) is 17.4 Å². The van der Waals surface area contributed by atoms with Gasteiger partial charge in [0.05, 0.1) is 12.1 Å². The number of rotatable bonds is 7. The first-order chi connectivity index (χ1) is 9.66. The molecule has 0 saturated carbocycles. The molecular formula is C13H16F4N2O2. The number of ether oxygens (including phenoxy) is 1. The van der Waals surface area contributed by atoms with Crippen LogP contribution in [-0.2, 0) is 4.79 Å². The molecule has 118 valence electrons. The molecule has 4 N–H and O–H groups in total. The van der Waals surface area contributed by atoms with E-state index in [1.165, 1.54) is 6.92 Å². The Balaban J connectivity index is 2.53. The van der Waals surface area contributed by atoms with Crippen molar-refractivity contribution in [2.45, 2.75) is 31.7 Å². The number of carbonyl (C=O) groups excluding carboxylic acids is 1. The summed E-state index contributed by atoms with van der Waals surface area (Å²) in [6, 6.07) is 0.101. The fourth-order valence-electron chi connectivity index (χ4n) is 1.57. The molecular weight excluding hydrogens is 292 g/mol. The minimum absolute atomic E-state index is 0.101. The zero-order valence-corrected chi connectivity index (χ0v) is 11.4. The van der Waals surface area contributed by atoms with Crippen LogP contribution in [0.2, 0.25) is 0 Å². The Bertz CT molecular complexity index is 509. The lowest BCUT2D eigenvalue weighted by molar-refractivity contribution is -0.122. The van der Waals surface area contributed by atoms with Gasteiger partial charge in [-0.3, -0.25) is 4.79 Å². The highest BCUT2D eigenvalue weighted by Gasteiger charge is 2.25. The van der Waals surface area contributed by atoms with Crippen LogP contribution in [0.5, 0.6) is 5.75 Å². The van der Waals surface area contributed by atoms with Gasteiger partial charge in [-0.1, -0.05) is 0 Å². The van der Waals surface area contributed by atoms with Crippen molar-refractivity contribution in [3.8, 4) is 5.75 Å². The number of primary amides is 1. The van der Waals surface area contributed by atoms with E-state index < -0.39 is 40.5 Å². The van der Waals surface area contributed by atoms with Gasteiger partial charge in [0, 0.05) is 6.07 Å². The minimum atomic E-state index is -1.59. The molecule has 4 nitrogen and oxygen atoms in total. The number of amides is 1. The fourth-order valence-corrected chi connectivity index (χ4v) is 1.57. The van der Waals surface area contributed by atoms with Gasteiger partial charge < -0.3 is 16.2 Å². The zero-order valence-electron chi connectivity index (χ0n) is 11.4. The second-order valence-electron chi connectivity index (χ2n) is 4.88. The van der Waals surface area contributed by atoms with Crippen molar-refractivity contribution >= 4 is 5.91 Å². The Hall–Kier alpha value is -1.83. The van der Waals surface area contributed by atoms with E-state index in [9.17, 15) is 22.4 Å². The molecule has 1 unspecified atom stereocenters. The van der Waals surface area contributed by atoms with E-state index in [0.29, 0.717) is 6.42 Å². The Morgan fingerprint density at radius 2 is 1.71 bits per heavy atom. The summed E-state index contributed by atoms with van der Waals surface area (Å²) in [6.45, 7) is 1.27. The summed E-state index contributed by atoms with van der Waals surface area (Å²) in [5.41, 5.74) is 9.48. The Labute approximate surface area is 119 Å². The first-order valence-corrected chi connectivity index (χ1v) is 6.21. The minimum Gasteiger partial charge on any atom is -0.487 e. The first-order valence-electron chi connectivity index (χ1n) is 6.21. The zero-order chi connectivity index (χ0) is 16.2. The molecule has 0 spiro atoms. The highest BCUT2D eigenvalue weighted by molar-refractivity contribution is 5.83. The third-order valence-corrected chi connectivity index (χ3v) is 2.97. The van der Waals surface area contributed by atoms with Crippen LogP contribution in [-0.4, -0.2) is 18.1 Å². The number of hydrogen-bond donors (Lipinski definition) is 2.